The van der Waals surface area contributed by atoms with Crippen molar-refractivity contribution in [1.29, 1.82) is 0 Å². The lowest BCUT2D eigenvalue weighted by Gasteiger charge is -2.49. The number of hydrogen-bond acceptors (Lipinski definition) is 3. The van der Waals surface area contributed by atoms with Crippen LogP contribution in [0.5, 0.6) is 0 Å². The zero-order chi connectivity index (χ0) is 13.1. The maximum absolute atomic E-state index is 10.5. The Morgan fingerprint density at radius 2 is 1.89 bits per heavy atom. The van der Waals surface area contributed by atoms with Gasteiger partial charge >= 0.3 is 0 Å². The van der Waals surface area contributed by atoms with E-state index in [9.17, 15) is 10.2 Å². The third kappa shape index (κ3) is 1.67. The molecule has 2 heterocycles. The van der Waals surface area contributed by atoms with Crippen molar-refractivity contribution in [2.24, 2.45) is 23.7 Å². The van der Waals surface area contributed by atoms with Crippen LogP contribution < -0.4 is 0 Å². The maximum atomic E-state index is 10.5. The Hall–Kier alpha value is -0.120. The summed E-state index contributed by atoms with van der Waals surface area (Å²) in [5.74, 6) is 1.67. The van der Waals surface area contributed by atoms with Crippen LogP contribution in [0.2, 0.25) is 0 Å². The summed E-state index contributed by atoms with van der Waals surface area (Å²) in [4.78, 5) is 0. The second-order valence-electron chi connectivity index (χ2n) is 7.42. The highest BCUT2D eigenvalue weighted by molar-refractivity contribution is 5.08. The third-order valence-corrected chi connectivity index (χ3v) is 5.98. The van der Waals surface area contributed by atoms with Gasteiger partial charge in [-0.15, -0.1) is 0 Å². The van der Waals surface area contributed by atoms with Gasteiger partial charge in [-0.25, -0.2) is 0 Å². The molecule has 104 valence electrons. The molecule has 0 aromatic carbocycles. The van der Waals surface area contributed by atoms with Crippen molar-refractivity contribution in [2.45, 2.75) is 63.8 Å². The van der Waals surface area contributed by atoms with E-state index in [1.54, 1.807) is 0 Å². The molecule has 0 aromatic heterocycles. The first kappa shape index (κ1) is 12.9. The van der Waals surface area contributed by atoms with Gasteiger partial charge in [0, 0.05) is 18.9 Å². The number of rotatable bonds is 1. The molecule has 4 rings (SSSR count). The van der Waals surface area contributed by atoms with Gasteiger partial charge in [0.1, 0.15) is 0 Å². The van der Waals surface area contributed by atoms with E-state index in [0.29, 0.717) is 24.4 Å². The first-order valence-corrected chi connectivity index (χ1v) is 7.36. The van der Waals surface area contributed by atoms with Crippen LogP contribution in [0.4, 0.5) is 0 Å². The molecule has 18 heavy (non-hydrogen) atoms. The molecule has 2 saturated heterocycles. The Balaban J connectivity index is 1.99. The molecule has 0 unspecified atom stereocenters. The summed E-state index contributed by atoms with van der Waals surface area (Å²) in [7, 11) is 0. The predicted octanol–water partition coefficient (Wildman–Crippen LogP) is 1.96. The van der Waals surface area contributed by atoms with Gasteiger partial charge < -0.3 is 14.9 Å². The van der Waals surface area contributed by atoms with Crippen molar-refractivity contribution in [3.63, 3.8) is 0 Å². The fourth-order valence-electron chi connectivity index (χ4n) is 5.19. The Morgan fingerprint density at radius 3 is 2.50 bits per heavy atom. The molecule has 2 aliphatic heterocycles. The van der Waals surface area contributed by atoms with Gasteiger partial charge in [-0.3, -0.25) is 0 Å². The average Bonchev–Trinajstić information content (AvgIpc) is 2.58. The van der Waals surface area contributed by atoms with Gasteiger partial charge in [0.25, 0.3) is 0 Å². The minimum Gasteiger partial charge on any atom is -0.396 e. The molecule has 0 radical (unpaired) electrons. The van der Waals surface area contributed by atoms with E-state index in [2.05, 4.69) is 20.8 Å². The van der Waals surface area contributed by atoms with E-state index >= 15 is 0 Å². The summed E-state index contributed by atoms with van der Waals surface area (Å²) < 4.78 is 6.42. The van der Waals surface area contributed by atoms with Crippen LogP contribution in [0.3, 0.4) is 0 Å². The molecule has 6 atom stereocenters. The normalized spacial score (nSPS) is 54.2. The second kappa shape index (κ2) is 3.94. The summed E-state index contributed by atoms with van der Waals surface area (Å²) in [6.07, 6.45) is 3.79. The van der Waals surface area contributed by atoms with E-state index in [-0.39, 0.29) is 23.2 Å². The molecule has 0 spiro atoms. The molecule has 3 heteroatoms. The topological polar surface area (TPSA) is 49.7 Å². The Morgan fingerprint density at radius 1 is 1.17 bits per heavy atom. The predicted molar refractivity (Wildman–Crippen MR) is 69.1 cm³/mol. The molecule has 2 saturated carbocycles. The molecule has 0 aromatic rings. The molecule has 3 nitrogen and oxygen atoms in total. The van der Waals surface area contributed by atoms with E-state index in [1.807, 2.05) is 0 Å². The monoisotopic (exact) mass is 254 g/mol. The summed E-state index contributed by atoms with van der Waals surface area (Å²) in [6, 6.07) is 0. The van der Waals surface area contributed by atoms with Gasteiger partial charge in [-0.1, -0.05) is 0 Å². The summed E-state index contributed by atoms with van der Waals surface area (Å²) in [5, 5.41) is 20.0. The maximum Gasteiger partial charge on any atom is 0.0717 e. The quantitative estimate of drug-likeness (QED) is 0.752. The van der Waals surface area contributed by atoms with Crippen LogP contribution in [0.1, 0.15) is 46.5 Å². The summed E-state index contributed by atoms with van der Waals surface area (Å²) in [6.45, 7) is 6.71. The van der Waals surface area contributed by atoms with Gasteiger partial charge in [-0.05, 0) is 57.8 Å². The van der Waals surface area contributed by atoms with Crippen molar-refractivity contribution in [3.05, 3.63) is 0 Å². The number of aliphatic hydroxyl groups excluding tert-OH is 2. The van der Waals surface area contributed by atoms with Crippen molar-refractivity contribution < 1.29 is 14.9 Å². The molecule has 4 aliphatic rings. The van der Waals surface area contributed by atoms with Crippen LogP contribution >= 0.6 is 0 Å². The Labute approximate surface area is 110 Å². The van der Waals surface area contributed by atoms with Gasteiger partial charge in [0.2, 0.25) is 0 Å². The van der Waals surface area contributed by atoms with E-state index < -0.39 is 0 Å². The average molecular weight is 254 g/mol. The third-order valence-electron chi connectivity index (χ3n) is 5.98. The lowest BCUT2D eigenvalue weighted by Crippen LogP contribution is -2.55. The van der Waals surface area contributed by atoms with Crippen molar-refractivity contribution in [1.82, 2.24) is 0 Å². The van der Waals surface area contributed by atoms with Crippen LogP contribution in [-0.2, 0) is 4.74 Å². The SMILES string of the molecule is CC1(C)O[C@@]2(C)C[C@@H](O)[C@@H]1C[C@@H]1[C@H](CO)CC[C@H]12. The van der Waals surface area contributed by atoms with Gasteiger partial charge in [0.15, 0.2) is 0 Å². The highest BCUT2D eigenvalue weighted by atomic mass is 16.5. The Bertz CT molecular complexity index is 341. The largest absolute Gasteiger partial charge is 0.396 e. The van der Waals surface area contributed by atoms with Gasteiger partial charge in [-0.2, -0.15) is 0 Å². The highest BCUT2D eigenvalue weighted by Crippen LogP contribution is 2.58. The van der Waals surface area contributed by atoms with E-state index in [1.165, 1.54) is 0 Å². The Kier molecular flexibility index (Phi) is 2.82. The fourth-order valence-corrected chi connectivity index (χ4v) is 5.19. The molecule has 2 bridgehead atoms. The second-order valence-corrected chi connectivity index (χ2v) is 7.42. The zero-order valence-electron chi connectivity index (χ0n) is 11.7. The molecule has 4 fully saturated rings. The van der Waals surface area contributed by atoms with E-state index in [0.717, 1.165) is 25.7 Å². The number of aliphatic hydroxyl groups is 2. The molecule has 2 aliphatic carbocycles. The van der Waals surface area contributed by atoms with Crippen LogP contribution in [0, 0.1) is 23.7 Å². The minimum atomic E-state index is -0.247. The molecular weight excluding hydrogens is 228 g/mol. The van der Waals surface area contributed by atoms with Crippen LogP contribution in [0.25, 0.3) is 0 Å². The van der Waals surface area contributed by atoms with Crippen LogP contribution in [0.15, 0.2) is 0 Å². The van der Waals surface area contributed by atoms with Crippen molar-refractivity contribution in [2.75, 3.05) is 6.61 Å². The molecule has 0 amide bonds. The van der Waals surface area contributed by atoms with Crippen LogP contribution in [-0.4, -0.2) is 34.1 Å². The molecule has 2 N–H and O–H groups in total. The lowest BCUT2D eigenvalue weighted by molar-refractivity contribution is -0.230. The first-order valence-electron chi connectivity index (χ1n) is 7.36. The fraction of sp³-hybridized carbons (Fsp3) is 1.00. The standard InChI is InChI=1S/C15H26O3/c1-14(2)12-6-10-9(8-16)4-5-11(10)15(3,18-14)7-13(12)17/h9-13,16-17H,4-8H2,1-3H3/t9-,10+,11+,12-,13+,15-/m0/s1. The summed E-state index contributed by atoms with van der Waals surface area (Å²) in [5.41, 5.74) is -0.443. The summed E-state index contributed by atoms with van der Waals surface area (Å²) >= 11 is 0. The molecular formula is C15H26O3. The van der Waals surface area contributed by atoms with Crippen molar-refractivity contribution >= 4 is 0 Å². The number of ether oxygens (including phenoxy) is 1. The number of fused-ring (bicyclic) bond motifs is 2. The highest BCUT2D eigenvalue weighted by Gasteiger charge is 2.59. The van der Waals surface area contributed by atoms with E-state index in [4.69, 9.17) is 4.74 Å². The number of hydrogen-bond donors (Lipinski definition) is 2. The van der Waals surface area contributed by atoms with Crippen molar-refractivity contribution in [3.8, 4) is 0 Å². The zero-order valence-corrected chi connectivity index (χ0v) is 11.7. The smallest absolute Gasteiger partial charge is 0.0717 e. The van der Waals surface area contributed by atoms with Gasteiger partial charge in [0.05, 0.1) is 17.3 Å². The lowest BCUT2D eigenvalue weighted by atomic mass is 9.76. The minimum absolute atomic E-state index is 0.204. The first-order chi connectivity index (χ1) is 8.37.